The average Bonchev–Trinajstić information content (AvgIpc) is 2.87. The minimum absolute atomic E-state index is 0.212. The molecule has 2 fully saturated rings. The number of aliphatic imine (C=N–C) groups is 1. The van der Waals surface area contributed by atoms with E-state index in [1.807, 2.05) is 31.9 Å². The predicted octanol–water partition coefficient (Wildman–Crippen LogP) is 5.58. The smallest absolute Gasteiger partial charge is 0.410 e. The van der Waals surface area contributed by atoms with Gasteiger partial charge in [-0.3, -0.25) is 9.98 Å². The van der Waals surface area contributed by atoms with Crippen LogP contribution in [0.5, 0.6) is 0 Å². The first-order valence-electron chi connectivity index (χ1n) is 13.7. The Hall–Kier alpha value is -3.09. The summed E-state index contributed by atoms with van der Waals surface area (Å²) >= 11 is 0. The van der Waals surface area contributed by atoms with Crippen LogP contribution in [0.2, 0.25) is 0 Å². The monoisotopic (exact) mass is 505 g/mol. The number of amides is 1. The zero-order valence-corrected chi connectivity index (χ0v) is 23.5. The third-order valence-electron chi connectivity index (χ3n) is 7.26. The highest BCUT2D eigenvalue weighted by Gasteiger charge is 2.27. The normalized spacial score (nSPS) is 17.5. The number of aromatic nitrogens is 1. The Morgan fingerprint density at radius 1 is 1.03 bits per heavy atom. The number of ether oxygens (including phenoxy) is 1. The SMILES string of the molecule is CCN=Cc1c(N2CCC(c3ccc(N4CCN(C(=O)OC(C)(C)C)CC4)cc3)CC2)cc(C)nc1C. The van der Waals surface area contributed by atoms with E-state index in [1.54, 1.807) is 0 Å². The lowest BCUT2D eigenvalue weighted by Gasteiger charge is -2.37. The summed E-state index contributed by atoms with van der Waals surface area (Å²) in [4.78, 5) is 28.2. The first kappa shape index (κ1) is 27.0. The molecule has 0 N–H and O–H groups in total. The van der Waals surface area contributed by atoms with Crippen molar-refractivity contribution in [1.82, 2.24) is 9.88 Å². The molecule has 2 aliphatic rings. The summed E-state index contributed by atoms with van der Waals surface area (Å²) in [6, 6.07) is 11.3. The maximum absolute atomic E-state index is 12.4. The maximum Gasteiger partial charge on any atom is 0.410 e. The van der Waals surface area contributed by atoms with Crippen LogP contribution in [0.25, 0.3) is 0 Å². The molecule has 37 heavy (non-hydrogen) atoms. The number of carbonyl (C=O) groups excluding carboxylic acids is 1. The first-order chi connectivity index (χ1) is 17.6. The molecule has 1 aromatic carbocycles. The van der Waals surface area contributed by atoms with Crippen LogP contribution >= 0.6 is 0 Å². The Bertz CT molecular complexity index is 1090. The summed E-state index contributed by atoms with van der Waals surface area (Å²) < 4.78 is 5.53. The van der Waals surface area contributed by atoms with E-state index in [1.165, 1.54) is 16.9 Å². The molecule has 0 aliphatic carbocycles. The third kappa shape index (κ3) is 6.82. The second-order valence-electron chi connectivity index (χ2n) is 11.2. The fourth-order valence-electron chi connectivity index (χ4n) is 5.31. The van der Waals surface area contributed by atoms with E-state index in [4.69, 9.17) is 4.74 Å². The number of aryl methyl sites for hydroxylation is 2. The lowest BCUT2D eigenvalue weighted by atomic mass is 9.89. The second kappa shape index (κ2) is 11.5. The first-order valence-corrected chi connectivity index (χ1v) is 13.7. The van der Waals surface area contributed by atoms with Crippen molar-refractivity contribution in [3.05, 3.63) is 52.8 Å². The van der Waals surface area contributed by atoms with E-state index in [0.717, 1.165) is 62.5 Å². The molecular weight excluding hydrogens is 462 g/mol. The highest BCUT2D eigenvalue weighted by Crippen LogP contribution is 2.33. The van der Waals surface area contributed by atoms with Crippen molar-refractivity contribution in [2.75, 3.05) is 55.6 Å². The third-order valence-corrected chi connectivity index (χ3v) is 7.26. The van der Waals surface area contributed by atoms with Gasteiger partial charge in [0.05, 0.1) is 0 Å². The van der Waals surface area contributed by atoms with Crippen LogP contribution in [0.15, 0.2) is 35.3 Å². The minimum Gasteiger partial charge on any atom is -0.444 e. The summed E-state index contributed by atoms with van der Waals surface area (Å²) in [7, 11) is 0. The number of benzene rings is 1. The molecule has 0 spiro atoms. The van der Waals surface area contributed by atoms with Crippen LogP contribution in [-0.2, 0) is 4.74 Å². The van der Waals surface area contributed by atoms with Gasteiger partial charge in [0.25, 0.3) is 0 Å². The van der Waals surface area contributed by atoms with Gasteiger partial charge in [-0.2, -0.15) is 0 Å². The number of carbonyl (C=O) groups is 1. The topological polar surface area (TPSA) is 61.3 Å². The van der Waals surface area contributed by atoms with E-state index in [0.29, 0.717) is 19.0 Å². The van der Waals surface area contributed by atoms with Gasteiger partial charge < -0.3 is 19.4 Å². The zero-order valence-electron chi connectivity index (χ0n) is 23.5. The Balaban J connectivity index is 1.33. The van der Waals surface area contributed by atoms with Gasteiger partial charge in [-0.15, -0.1) is 0 Å². The molecule has 1 aromatic heterocycles. The van der Waals surface area contributed by atoms with E-state index in [2.05, 4.69) is 70.9 Å². The van der Waals surface area contributed by atoms with Gasteiger partial charge in [-0.25, -0.2) is 4.79 Å². The summed E-state index contributed by atoms with van der Waals surface area (Å²) in [5.41, 5.74) is 6.73. The molecule has 0 radical (unpaired) electrons. The number of rotatable bonds is 5. The van der Waals surface area contributed by atoms with Crippen molar-refractivity contribution in [2.45, 2.75) is 65.9 Å². The van der Waals surface area contributed by atoms with Crippen molar-refractivity contribution in [3.8, 4) is 0 Å². The number of piperazine rings is 1. The van der Waals surface area contributed by atoms with Crippen molar-refractivity contribution < 1.29 is 9.53 Å². The second-order valence-corrected chi connectivity index (χ2v) is 11.2. The summed E-state index contributed by atoms with van der Waals surface area (Å²) in [6.07, 6.45) is 4.06. The molecule has 2 aromatic rings. The molecular formula is C30H43N5O2. The molecule has 1 amide bonds. The van der Waals surface area contributed by atoms with E-state index in [-0.39, 0.29) is 6.09 Å². The van der Waals surface area contributed by atoms with Crippen molar-refractivity contribution in [3.63, 3.8) is 0 Å². The molecule has 200 valence electrons. The van der Waals surface area contributed by atoms with Gasteiger partial charge >= 0.3 is 6.09 Å². The molecule has 2 aliphatic heterocycles. The summed E-state index contributed by atoms with van der Waals surface area (Å²) in [5.74, 6) is 0.575. The van der Waals surface area contributed by atoms with Crippen molar-refractivity contribution >= 4 is 23.7 Å². The zero-order chi connectivity index (χ0) is 26.6. The number of nitrogens with zero attached hydrogens (tertiary/aromatic N) is 5. The maximum atomic E-state index is 12.4. The van der Waals surface area contributed by atoms with E-state index < -0.39 is 5.60 Å². The Kier molecular flexibility index (Phi) is 8.40. The molecule has 7 nitrogen and oxygen atoms in total. The average molecular weight is 506 g/mol. The molecule has 3 heterocycles. The fourth-order valence-corrected chi connectivity index (χ4v) is 5.31. The predicted molar refractivity (Wildman–Crippen MR) is 152 cm³/mol. The quantitative estimate of drug-likeness (QED) is 0.497. The number of hydrogen-bond acceptors (Lipinski definition) is 6. The molecule has 0 saturated carbocycles. The number of hydrogen-bond donors (Lipinski definition) is 0. The van der Waals surface area contributed by atoms with Gasteiger partial charge in [0.2, 0.25) is 0 Å². The largest absolute Gasteiger partial charge is 0.444 e. The van der Waals surface area contributed by atoms with Crippen LogP contribution < -0.4 is 9.80 Å². The van der Waals surface area contributed by atoms with Crippen LogP contribution in [-0.4, -0.2) is 73.6 Å². The van der Waals surface area contributed by atoms with Gasteiger partial charge in [0.1, 0.15) is 5.60 Å². The minimum atomic E-state index is -0.456. The van der Waals surface area contributed by atoms with Crippen LogP contribution in [0, 0.1) is 13.8 Å². The summed E-state index contributed by atoms with van der Waals surface area (Å²) in [5, 5.41) is 0. The van der Waals surface area contributed by atoms with Crippen LogP contribution in [0.4, 0.5) is 16.2 Å². The summed E-state index contributed by atoms with van der Waals surface area (Å²) in [6.45, 7) is 17.8. The molecule has 0 bridgehead atoms. The number of pyridine rings is 1. The molecule has 4 rings (SSSR count). The fraction of sp³-hybridized carbons (Fsp3) is 0.567. The Morgan fingerprint density at radius 3 is 2.27 bits per heavy atom. The highest BCUT2D eigenvalue weighted by atomic mass is 16.6. The van der Waals surface area contributed by atoms with Gasteiger partial charge in [0, 0.05) is 80.4 Å². The molecule has 7 heteroatoms. The lowest BCUT2D eigenvalue weighted by molar-refractivity contribution is 0.0240. The van der Waals surface area contributed by atoms with Gasteiger partial charge in [0.15, 0.2) is 0 Å². The van der Waals surface area contributed by atoms with E-state index in [9.17, 15) is 4.79 Å². The van der Waals surface area contributed by atoms with Crippen LogP contribution in [0.1, 0.15) is 69.0 Å². The lowest BCUT2D eigenvalue weighted by Crippen LogP contribution is -2.50. The molecule has 0 atom stereocenters. The Labute approximate surface area is 222 Å². The molecule has 0 unspecified atom stereocenters. The number of anilines is 2. The standard InChI is InChI=1S/C30H43N5O2/c1-7-31-21-27-23(3)32-22(2)20-28(27)34-14-12-25(13-15-34)24-8-10-26(11-9-24)33-16-18-35(19-17-33)29(36)37-30(4,5)6/h8-11,20-21,25H,7,12-19H2,1-6H3. The number of piperidine rings is 1. The highest BCUT2D eigenvalue weighted by molar-refractivity contribution is 5.89. The van der Waals surface area contributed by atoms with Gasteiger partial charge in [-0.1, -0.05) is 12.1 Å². The molecule has 2 saturated heterocycles. The Morgan fingerprint density at radius 2 is 1.68 bits per heavy atom. The van der Waals surface area contributed by atoms with Crippen LogP contribution in [0.3, 0.4) is 0 Å². The van der Waals surface area contributed by atoms with E-state index >= 15 is 0 Å². The van der Waals surface area contributed by atoms with Crippen molar-refractivity contribution in [1.29, 1.82) is 0 Å². The van der Waals surface area contributed by atoms with Gasteiger partial charge in [-0.05, 0) is 84.1 Å². The van der Waals surface area contributed by atoms with Crippen molar-refractivity contribution in [2.24, 2.45) is 4.99 Å².